The molecule has 0 heterocycles. The molecule has 1 heteroatoms. The lowest BCUT2D eigenvalue weighted by Crippen LogP contribution is -2.45. The van der Waals surface area contributed by atoms with E-state index in [9.17, 15) is 0 Å². The molecule has 0 aromatic rings. The topological polar surface area (TPSA) is 26.0 Å². The van der Waals surface area contributed by atoms with E-state index in [1.165, 1.54) is 6.42 Å². The van der Waals surface area contributed by atoms with Crippen molar-refractivity contribution in [1.29, 1.82) is 0 Å². The van der Waals surface area contributed by atoms with E-state index in [4.69, 9.17) is 5.73 Å². The van der Waals surface area contributed by atoms with E-state index in [2.05, 4.69) is 34.6 Å². The van der Waals surface area contributed by atoms with Crippen molar-refractivity contribution in [3.8, 4) is 0 Å². The predicted octanol–water partition coefficient (Wildman–Crippen LogP) is 3.19. The highest BCUT2D eigenvalue weighted by Crippen LogP contribution is 2.26. The molecule has 0 saturated carbocycles. The average Bonchev–Trinajstić information content (AvgIpc) is 1.60. The van der Waals surface area contributed by atoms with Gasteiger partial charge < -0.3 is 5.73 Å². The molecule has 0 saturated heterocycles. The summed E-state index contributed by atoms with van der Waals surface area (Å²) in [5.41, 5.74) is 5.97. The Morgan fingerprint density at radius 3 is 1.00 bits per heavy atom. The van der Waals surface area contributed by atoms with Crippen molar-refractivity contribution in [2.45, 2.75) is 60.4 Å². The van der Waals surface area contributed by atoms with Gasteiger partial charge >= 0.3 is 0 Å². The molecule has 0 atom stereocenters. The van der Waals surface area contributed by atoms with Crippen LogP contribution in [-0.2, 0) is 0 Å². The SMILES string of the molecule is CC(C)(C)C(C)(C)N.CCC. The lowest BCUT2D eigenvalue weighted by Gasteiger charge is -2.34. The zero-order valence-electron chi connectivity index (χ0n) is 9.28. The van der Waals surface area contributed by atoms with E-state index in [1.807, 2.05) is 13.8 Å². The number of hydrogen-bond acceptors (Lipinski definition) is 1. The maximum Gasteiger partial charge on any atom is 0.0146 e. The van der Waals surface area contributed by atoms with Crippen LogP contribution in [0.4, 0.5) is 0 Å². The highest BCUT2D eigenvalue weighted by Gasteiger charge is 2.27. The number of rotatable bonds is 0. The molecule has 0 bridgehead atoms. The van der Waals surface area contributed by atoms with E-state index in [1.54, 1.807) is 0 Å². The van der Waals surface area contributed by atoms with Gasteiger partial charge in [0, 0.05) is 5.54 Å². The lowest BCUT2D eigenvalue weighted by atomic mass is 9.77. The lowest BCUT2D eigenvalue weighted by molar-refractivity contribution is 0.230. The second kappa shape index (κ2) is 4.76. The quantitative estimate of drug-likeness (QED) is 0.577. The van der Waals surface area contributed by atoms with Crippen molar-refractivity contribution in [2.75, 3.05) is 0 Å². The van der Waals surface area contributed by atoms with Gasteiger partial charge in [-0.1, -0.05) is 41.0 Å². The molecule has 0 amide bonds. The molecule has 0 unspecified atom stereocenters. The van der Waals surface area contributed by atoms with Gasteiger partial charge in [0.25, 0.3) is 0 Å². The summed E-state index contributed by atoms with van der Waals surface area (Å²) in [6.45, 7) is 14.8. The smallest absolute Gasteiger partial charge is 0.0146 e. The molecule has 1 nitrogen and oxygen atoms in total. The molecule has 0 spiro atoms. The largest absolute Gasteiger partial charge is 0.325 e. The molecule has 0 aromatic carbocycles. The molecule has 70 valence electrons. The third kappa shape index (κ3) is 7.86. The molecule has 0 radical (unpaired) electrons. The molecule has 0 aliphatic carbocycles. The summed E-state index contributed by atoms with van der Waals surface area (Å²) >= 11 is 0. The first-order valence-electron chi connectivity index (χ1n) is 4.45. The molecule has 2 N–H and O–H groups in total. The van der Waals surface area contributed by atoms with Crippen LogP contribution in [0.1, 0.15) is 54.9 Å². The van der Waals surface area contributed by atoms with Crippen molar-refractivity contribution in [1.82, 2.24) is 0 Å². The highest BCUT2D eigenvalue weighted by molar-refractivity contribution is 4.85. The normalized spacial score (nSPS) is 12.0. The van der Waals surface area contributed by atoms with Crippen LogP contribution < -0.4 is 5.73 Å². The zero-order valence-corrected chi connectivity index (χ0v) is 9.28. The molecule has 0 aliphatic rings. The summed E-state index contributed by atoms with van der Waals surface area (Å²) in [5.74, 6) is 0. The van der Waals surface area contributed by atoms with Gasteiger partial charge in [-0.25, -0.2) is 0 Å². The van der Waals surface area contributed by atoms with Gasteiger partial charge in [0.05, 0.1) is 0 Å². The summed E-state index contributed by atoms with van der Waals surface area (Å²) < 4.78 is 0. The number of hydrogen-bond donors (Lipinski definition) is 1. The first kappa shape index (κ1) is 13.5. The minimum atomic E-state index is -0.0625. The van der Waals surface area contributed by atoms with Gasteiger partial charge in [-0.3, -0.25) is 0 Å². The Balaban J connectivity index is 0. The molecular weight excluding hydrogens is 134 g/mol. The van der Waals surface area contributed by atoms with Crippen LogP contribution in [0.2, 0.25) is 0 Å². The number of nitrogens with two attached hydrogens (primary N) is 1. The van der Waals surface area contributed by atoms with Gasteiger partial charge in [-0.2, -0.15) is 0 Å². The van der Waals surface area contributed by atoms with E-state index < -0.39 is 0 Å². The third-order valence-corrected chi connectivity index (χ3v) is 1.93. The zero-order chi connectivity index (χ0) is 9.71. The van der Waals surface area contributed by atoms with Crippen molar-refractivity contribution < 1.29 is 0 Å². The minimum absolute atomic E-state index is 0.0625. The molecule has 11 heavy (non-hydrogen) atoms. The maximum atomic E-state index is 5.81. The van der Waals surface area contributed by atoms with E-state index in [0.717, 1.165) is 0 Å². The van der Waals surface area contributed by atoms with Gasteiger partial charge in [0.2, 0.25) is 0 Å². The predicted molar refractivity (Wildman–Crippen MR) is 53.7 cm³/mol. The van der Waals surface area contributed by atoms with Gasteiger partial charge in [-0.05, 0) is 19.3 Å². The van der Waals surface area contributed by atoms with Crippen LogP contribution in [0, 0.1) is 5.41 Å². The summed E-state index contributed by atoms with van der Waals surface area (Å²) in [5, 5.41) is 0. The first-order valence-corrected chi connectivity index (χ1v) is 4.45. The van der Waals surface area contributed by atoms with E-state index >= 15 is 0 Å². The van der Waals surface area contributed by atoms with Crippen LogP contribution in [0.3, 0.4) is 0 Å². The molecular formula is C10H25N. The fraction of sp³-hybridized carbons (Fsp3) is 1.00. The highest BCUT2D eigenvalue weighted by atomic mass is 14.7. The molecule has 0 aromatic heterocycles. The van der Waals surface area contributed by atoms with Crippen molar-refractivity contribution in [2.24, 2.45) is 11.1 Å². The molecule has 0 rings (SSSR count). The average molecular weight is 159 g/mol. The van der Waals surface area contributed by atoms with Crippen molar-refractivity contribution in [3.05, 3.63) is 0 Å². The Kier molecular flexibility index (Phi) is 5.86. The first-order chi connectivity index (χ1) is 4.66. The standard InChI is InChI=1S/C7H17N.C3H8/c1-6(2,3)7(4,5)8;1-3-2/h8H2,1-5H3;3H2,1-2H3. The van der Waals surface area contributed by atoms with Crippen LogP contribution in [-0.4, -0.2) is 5.54 Å². The summed E-state index contributed by atoms with van der Waals surface area (Å²) in [7, 11) is 0. The molecule has 0 fully saturated rings. The van der Waals surface area contributed by atoms with Gasteiger partial charge in [-0.15, -0.1) is 0 Å². The summed E-state index contributed by atoms with van der Waals surface area (Å²) in [6.07, 6.45) is 1.25. The van der Waals surface area contributed by atoms with Crippen molar-refractivity contribution in [3.63, 3.8) is 0 Å². The molecule has 0 aliphatic heterocycles. The fourth-order valence-corrected chi connectivity index (χ4v) is 0. The fourth-order valence-electron chi connectivity index (χ4n) is 0. The Labute approximate surface area is 72.4 Å². The van der Waals surface area contributed by atoms with Crippen LogP contribution in [0.15, 0.2) is 0 Å². The van der Waals surface area contributed by atoms with E-state index in [-0.39, 0.29) is 11.0 Å². The summed E-state index contributed by atoms with van der Waals surface area (Å²) in [6, 6.07) is 0. The van der Waals surface area contributed by atoms with Crippen LogP contribution in [0.25, 0.3) is 0 Å². The van der Waals surface area contributed by atoms with Crippen LogP contribution >= 0.6 is 0 Å². The Morgan fingerprint density at radius 1 is 0.909 bits per heavy atom. The van der Waals surface area contributed by atoms with Crippen LogP contribution in [0.5, 0.6) is 0 Å². The second-order valence-electron chi connectivity index (χ2n) is 4.68. The van der Waals surface area contributed by atoms with Gasteiger partial charge in [0.1, 0.15) is 0 Å². The maximum absolute atomic E-state index is 5.81. The monoisotopic (exact) mass is 159 g/mol. The Hall–Kier alpha value is -0.0400. The summed E-state index contributed by atoms with van der Waals surface area (Å²) in [4.78, 5) is 0. The minimum Gasteiger partial charge on any atom is -0.325 e. The Morgan fingerprint density at radius 2 is 1.00 bits per heavy atom. The Bertz CT molecular complexity index is 70.0. The van der Waals surface area contributed by atoms with Crippen molar-refractivity contribution >= 4 is 0 Å². The van der Waals surface area contributed by atoms with E-state index in [0.29, 0.717) is 0 Å². The third-order valence-electron chi connectivity index (χ3n) is 1.93. The second-order valence-corrected chi connectivity index (χ2v) is 4.68. The van der Waals surface area contributed by atoms with Gasteiger partial charge in [0.15, 0.2) is 0 Å².